The molecule has 7 heteroatoms. The van der Waals surface area contributed by atoms with Crippen LogP contribution < -0.4 is 5.73 Å². The molecule has 0 saturated carbocycles. The highest BCUT2D eigenvalue weighted by Gasteiger charge is 2.15. The minimum Gasteiger partial charge on any atom is -0.336 e. The van der Waals surface area contributed by atoms with Gasteiger partial charge in [0.05, 0.1) is 5.01 Å². The molecule has 0 fully saturated rings. The van der Waals surface area contributed by atoms with Gasteiger partial charge in [-0.3, -0.25) is 4.79 Å². The van der Waals surface area contributed by atoms with E-state index in [1.54, 1.807) is 29.5 Å². The molecule has 114 valence electrons. The molecule has 0 atom stereocenters. The molecular formula is C14H17ClFN3OS. The van der Waals surface area contributed by atoms with Crippen molar-refractivity contribution in [2.45, 2.75) is 13.0 Å². The summed E-state index contributed by atoms with van der Waals surface area (Å²) < 4.78 is 12.8. The monoisotopic (exact) mass is 329 g/mol. The van der Waals surface area contributed by atoms with Gasteiger partial charge in [0.25, 0.3) is 5.91 Å². The van der Waals surface area contributed by atoms with Gasteiger partial charge in [-0.05, 0) is 24.2 Å². The molecule has 0 aliphatic heterocycles. The van der Waals surface area contributed by atoms with Crippen LogP contribution in [0.2, 0.25) is 0 Å². The van der Waals surface area contributed by atoms with E-state index in [2.05, 4.69) is 4.98 Å². The molecule has 2 N–H and O–H groups in total. The molecule has 4 nitrogen and oxygen atoms in total. The first kappa shape index (κ1) is 17.6. The molecule has 0 unspecified atom stereocenters. The highest BCUT2D eigenvalue weighted by atomic mass is 35.5. The van der Waals surface area contributed by atoms with Gasteiger partial charge in [-0.1, -0.05) is 12.1 Å². The van der Waals surface area contributed by atoms with Crippen LogP contribution in [0.5, 0.6) is 0 Å². The van der Waals surface area contributed by atoms with Crippen molar-refractivity contribution in [3.05, 3.63) is 51.7 Å². The van der Waals surface area contributed by atoms with Crippen molar-refractivity contribution in [3.8, 4) is 0 Å². The summed E-state index contributed by atoms with van der Waals surface area (Å²) in [6, 6.07) is 6.10. The minimum absolute atomic E-state index is 0. The average molecular weight is 330 g/mol. The number of thiazole rings is 1. The van der Waals surface area contributed by atoms with Crippen LogP contribution in [0.4, 0.5) is 4.39 Å². The Morgan fingerprint density at radius 2 is 2.05 bits per heavy atom. The number of carbonyl (C=O) groups is 1. The molecule has 1 aromatic carbocycles. The SMILES string of the molecule is CN(Cc1ccc(F)cc1)C(=O)c1csc(CCN)n1.Cl. The third-order valence-electron chi connectivity index (χ3n) is 2.81. The maximum absolute atomic E-state index is 12.8. The van der Waals surface area contributed by atoms with Crippen molar-refractivity contribution in [2.75, 3.05) is 13.6 Å². The van der Waals surface area contributed by atoms with Crippen LogP contribution in [0.3, 0.4) is 0 Å². The van der Waals surface area contributed by atoms with Crippen molar-refractivity contribution in [3.63, 3.8) is 0 Å². The van der Waals surface area contributed by atoms with Crippen LogP contribution in [0.15, 0.2) is 29.6 Å². The molecule has 21 heavy (non-hydrogen) atoms. The van der Waals surface area contributed by atoms with Crippen LogP contribution in [-0.2, 0) is 13.0 Å². The maximum atomic E-state index is 12.8. The van der Waals surface area contributed by atoms with E-state index < -0.39 is 0 Å². The topological polar surface area (TPSA) is 59.2 Å². The normalized spacial score (nSPS) is 10.0. The Balaban J connectivity index is 0.00000220. The molecule has 0 aliphatic rings. The van der Waals surface area contributed by atoms with Gasteiger partial charge in [-0.15, -0.1) is 23.7 Å². The number of hydrogen-bond acceptors (Lipinski definition) is 4. The van der Waals surface area contributed by atoms with E-state index in [0.717, 1.165) is 10.6 Å². The number of hydrogen-bond donors (Lipinski definition) is 1. The van der Waals surface area contributed by atoms with Gasteiger partial charge in [0.15, 0.2) is 0 Å². The van der Waals surface area contributed by atoms with Gasteiger partial charge in [0.1, 0.15) is 11.5 Å². The first-order chi connectivity index (χ1) is 9.60. The van der Waals surface area contributed by atoms with Gasteiger partial charge in [0.2, 0.25) is 0 Å². The molecule has 2 aromatic rings. The largest absolute Gasteiger partial charge is 0.336 e. The van der Waals surface area contributed by atoms with Gasteiger partial charge in [-0.2, -0.15) is 0 Å². The Kier molecular flexibility index (Phi) is 6.74. The highest BCUT2D eigenvalue weighted by Crippen LogP contribution is 2.13. The summed E-state index contributed by atoms with van der Waals surface area (Å²) >= 11 is 1.44. The summed E-state index contributed by atoms with van der Waals surface area (Å²) in [5, 5.41) is 2.61. The average Bonchev–Trinajstić information content (AvgIpc) is 2.89. The van der Waals surface area contributed by atoms with E-state index in [4.69, 9.17) is 5.73 Å². The predicted molar refractivity (Wildman–Crippen MR) is 84.3 cm³/mol. The summed E-state index contributed by atoms with van der Waals surface area (Å²) in [4.78, 5) is 18.0. The molecule has 1 aromatic heterocycles. The van der Waals surface area contributed by atoms with Crippen molar-refractivity contribution < 1.29 is 9.18 Å². The van der Waals surface area contributed by atoms with Gasteiger partial charge < -0.3 is 10.6 Å². The number of benzene rings is 1. The second-order valence-electron chi connectivity index (χ2n) is 4.45. The van der Waals surface area contributed by atoms with Gasteiger partial charge in [0, 0.05) is 25.4 Å². The van der Waals surface area contributed by atoms with Crippen molar-refractivity contribution in [2.24, 2.45) is 5.73 Å². The molecule has 1 amide bonds. The van der Waals surface area contributed by atoms with Crippen molar-refractivity contribution >= 4 is 29.7 Å². The molecule has 0 saturated heterocycles. The summed E-state index contributed by atoms with van der Waals surface area (Å²) in [5.74, 6) is -0.428. The van der Waals surface area contributed by atoms with Crippen LogP contribution in [-0.4, -0.2) is 29.4 Å². The maximum Gasteiger partial charge on any atom is 0.273 e. The number of amides is 1. The third kappa shape index (κ3) is 4.77. The predicted octanol–water partition coefficient (Wildman–Crippen LogP) is 2.48. The fourth-order valence-corrected chi connectivity index (χ4v) is 2.57. The van der Waals surface area contributed by atoms with Crippen LogP contribution in [0.1, 0.15) is 21.1 Å². The molecule has 0 spiro atoms. The second kappa shape index (κ2) is 8.07. The quantitative estimate of drug-likeness (QED) is 0.916. The summed E-state index contributed by atoms with van der Waals surface area (Å²) in [6.07, 6.45) is 0.680. The number of halogens is 2. The Hall–Kier alpha value is -1.50. The fraction of sp³-hybridized carbons (Fsp3) is 0.286. The molecule has 0 bridgehead atoms. The Bertz CT molecular complexity index is 588. The van der Waals surface area contributed by atoms with Crippen molar-refractivity contribution in [1.29, 1.82) is 0 Å². The Morgan fingerprint density at radius 3 is 2.67 bits per heavy atom. The highest BCUT2D eigenvalue weighted by molar-refractivity contribution is 7.09. The van der Waals surface area contributed by atoms with Crippen molar-refractivity contribution in [1.82, 2.24) is 9.88 Å². The van der Waals surface area contributed by atoms with Crippen LogP contribution in [0.25, 0.3) is 0 Å². The first-order valence-electron chi connectivity index (χ1n) is 6.24. The zero-order valence-electron chi connectivity index (χ0n) is 11.6. The number of nitrogens with zero attached hydrogens (tertiary/aromatic N) is 2. The van der Waals surface area contributed by atoms with E-state index in [9.17, 15) is 9.18 Å². The fourth-order valence-electron chi connectivity index (χ4n) is 1.78. The van der Waals surface area contributed by atoms with E-state index in [-0.39, 0.29) is 24.1 Å². The van der Waals surface area contributed by atoms with E-state index in [0.29, 0.717) is 25.2 Å². The lowest BCUT2D eigenvalue weighted by Gasteiger charge is -2.15. The molecule has 1 heterocycles. The zero-order chi connectivity index (χ0) is 14.5. The van der Waals surface area contributed by atoms with E-state index >= 15 is 0 Å². The summed E-state index contributed by atoms with van der Waals surface area (Å²) in [5.41, 5.74) is 6.77. The molecular weight excluding hydrogens is 313 g/mol. The first-order valence-corrected chi connectivity index (χ1v) is 7.12. The smallest absolute Gasteiger partial charge is 0.273 e. The number of carbonyl (C=O) groups excluding carboxylic acids is 1. The zero-order valence-corrected chi connectivity index (χ0v) is 13.2. The number of rotatable bonds is 5. The summed E-state index contributed by atoms with van der Waals surface area (Å²) in [6.45, 7) is 0.940. The lowest BCUT2D eigenvalue weighted by Crippen LogP contribution is -2.26. The Labute approximate surface area is 133 Å². The Morgan fingerprint density at radius 1 is 1.38 bits per heavy atom. The van der Waals surface area contributed by atoms with Gasteiger partial charge >= 0.3 is 0 Å². The molecule has 2 rings (SSSR count). The number of aromatic nitrogens is 1. The third-order valence-corrected chi connectivity index (χ3v) is 3.72. The lowest BCUT2D eigenvalue weighted by molar-refractivity contribution is 0.0780. The summed E-state index contributed by atoms with van der Waals surface area (Å²) in [7, 11) is 1.70. The van der Waals surface area contributed by atoms with Gasteiger partial charge in [-0.25, -0.2) is 9.37 Å². The molecule has 0 radical (unpaired) electrons. The second-order valence-corrected chi connectivity index (χ2v) is 5.40. The molecule has 0 aliphatic carbocycles. The van der Waals surface area contributed by atoms with Crippen LogP contribution in [0, 0.1) is 5.82 Å². The standard InChI is InChI=1S/C14H16FN3OS.ClH/c1-18(8-10-2-4-11(15)5-3-10)14(19)12-9-20-13(17-12)6-7-16;/h2-5,9H,6-8,16H2,1H3;1H. The van der Waals surface area contributed by atoms with E-state index in [1.165, 1.54) is 23.5 Å². The minimum atomic E-state index is -0.284. The number of nitrogens with two attached hydrogens (primary N) is 1. The van der Waals surface area contributed by atoms with Crippen LogP contribution >= 0.6 is 23.7 Å². The lowest BCUT2D eigenvalue weighted by atomic mass is 10.2. The van der Waals surface area contributed by atoms with E-state index in [1.807, 2.05) is 0 Å².